The third-order valence-electron chi connectivity index (χ3n) is 3.70. The molecule has 0 amide bonds. The zero-order valence-electron chi connectivity index (χ0n) is 13.2. The molecule has 24 heavy (non-hydrogen) atoms. The number of aliphatic imine (C=N–C) groups is 1. The van der Waals surface area contributed by atoms with Gasteiger partial charge in [-0.2, -0.15) is 0 Å². The molecule has 6 heteroatoms. The van der Waals surface area contributed by atoms with Crippen LogP contribution >= 0.6 is 23.8 Å². The van der Waals surface area contributed by atoms with Gasteiger partial charge >= 0.3 is 0 Å². The van der Waals surface area contributed by atoms with Crippen molar-refractivity contribution < 1.29 is 0 Å². The Bertz CT molecular complexity index is 733. The van der Waals surface area contributed by atoms with Crippen molar-refractivity contribution in [3.8, 4) is 0 Å². The fourth-order valence-electron chi connectivity index (χ4n) is 2.52. The zero-order valence-corrected chi connectivity index (χ0v) is 14.8. The predicted octanol–water partition coefficient (Wildman–Crippen LogP) is 3.54. The molecule has 0 atom stereocenters. The molecule has 0 saturated carbocycles. The van der Waals surface area contributed by atoms with Gasteiger partial charge in [0, 0.05) is 23.8 Å². The highest BCUT2D eigenvalue weighted by Crippen LogP contribution is 2.16. The quantitative estimate of drug-likeness (QED) is 0.820. The molecule has 2 aromatic rings. The number of anilines is 1. The van der Waals surface area contributed by atoms with E-state index in [0.29, 0.717) is 10.1 Å². The summed E-state index contributed by atoms with van der Waals surface area (Å²) < 4.78 is 0. The summed E-state index contributed by atoms with van der Waals surface area (Å²) in [4.78, 5) is 6.49. The molecule has 4 nitrogen and oxygen atoms in total. The first-order valence-corrected chi connectivity index (χ1v) is 8.67. The standard InChI is InChI=1S/C18H19ClN4S/c19-15-7-4-8-16(13-15)22-18(24)23-12-11-21-17(23)20-10-9-14-5-2-1-3-6-14/h1-8,13H,9-12H2,(H,20,21)(H,22,24). The van der Waals surface area contributed by atoms with Crippen LogP contribution in [0.25, 0.3) is 0 Å². The van der Waals surface area contributed by atoms with Crippen LogP contribution in [0.2, 0.25) is 5.02 Å². The lowest BCUT2D eigenvalue weighted by molar-refractivity contribution is 0.643. The van der Waals surface area contributed by atoms with E-state index in [2.05, 4.69) is 39.9 Å². The van der Waals surface area contributed by atoms with E-state index in [9.17, 15) is 0 Å². The number of hydrogen-bond acceptors (Lipinski definition) is 3. The Morgan fingerprint density at radius 3 is 2.79 bits per heavy atom. The summed E-state index contributed by atoms with van der Waals surface area (Å²) in [6.45, 7) is 2.34. The predicted molar refractivity (Wildman–Crippen MR) is 105 cm³/mol. The normalized spacial score (nSPS) is 13.5. The fraction of sp³-hybridized carbons (Fsp3) is 0.222. The molecule has 0 spiro atoms. The van der Waals surface area contributed by atoms with Crippen molar-refractivity contribution in [1.29, 1.82) is 0 Å². The number of guanidine groups is 1. The van der Waals surface area contributed by atoms with E-state index in [1.54, 1.807) is 0 Å². The summed E-state index contributed by atoms with van der Waals surface area (Å²) in [6, 6.07) is 17.9. The van der Waals surface area contributed by atoms with Crippen LogP contribution in [0.4, 0.5) is 5.69 Å². The average molecular weight is 359 g/mol. The largest absolute Gasteiger partial charge is 0.356 e. The highest BCUT2D eigenvalue weighted by Gasteiger charge is 2.20. The molecule has 1 aliphatic rings. The molecule has 2 aromatic carbocycles. The Morgan fingerprint density at radius 2 is 2.00 bits per heavy atom. The summed E-state index contributed by atoms with van der Waals surface area (Å²) in [6.07, 6.45) is 0.947. The Balaban J connectivity index is 1.53. The maximum absolute atomic E-state index is 6.01. The van der Waals surface area contributed by atoms with Crippen LogP contribution in [0.1, 0.15) is 5.56 Å². The van der Waals surface area contributed by atoms with Gasteiger partial charge in [-0.05, 0) is 42.4 Å². The van der Waals surface area contributed by atoms with E-state index in [4.69, 9.17) is 23.8 Å². The number of rotatable bonds is 4. The molecule has 124 valence electrons. The molecular formula is C18H19ClN4S. The van der Waals surface area contributed by atoms with Crippen molar-refractivity contribution in [2.45, 2.75) is 6.42 Å². The van der Waals surface area contributed by atoms with Gasteiger partial charge in [0.2, 0.25) is 0 Å². The number of thiocarbonyl (C=S) groups is 1. The third kappa shape index (κ3) is 4.46. The van der Waals surface area contributed by atoms with Gasteiger partial charge in [-0.25, -0.2) is 0 Å². The first-order valence-electron chi connectivity index (χ1n) is 7.89. The molecular weight excluding hydrogens is 340 g/mol. The average Bonchev–Trinajstić information content (AvgIpc) is 3.04. The lowest BCUT2D eigenvalue weighted by Crippen LogP contribution is -2.44. The van der Waals surface area contributed by atoms with Crippen LogP contribution in [-0.2, 0) is 6.42 Å². The van der Waals surface area contributed by atoms with Crippen LogP contribution < -0.4 is 10.6 Å². The van der Waals surface area contributed by atoms with E-state index in [1.807, 2.05) is 35.2 Å². The Labute approximate surface area is 152 Å². The molecule has 2 N–H and O–H groups in total. The molecule has 3 rings (SSSR count). The van der Waals surface area contributed by atoms with Crippen LogP contribution in [0.3, 0.4) is 0 Å². The van der Waals surface area contributed by atoms with Gasteiger partial charge in [0.15, 0.2) is 11.1 Å². The van der Waals surface area contributed by atoms with Crippen molar-refractivity contribution in [3.05, 3.63) is 65.2 Å². The smallest absolute Gasteiger partial charge is 0.200 e. The van der Waals surface area contributed by atoms with Crippen molar-refractivity contribution in [1.82, 2.24) is 10.2 Å². The fourth-order valence-corrected chi connectivity index (χ4v) is 3.00. The maximum atomic E-state index is 6.01. The Hall–Kier alpha value is -2.11. The van der Waals surface area contributed by atoms with Gasteiger partial charge in [0.25, 0.3) is 0 Å². The molecule has 0 radical (unpaired) electrons. The van der Waals surface area contributed by atoms with Crippen molar-refractivity contribution in [2.24, 2.45) is 4.99 Å². The second-order valence-electron chi connectivity index (χ2n) is 5.46. The summed E-state index contributed by atoms with van der Waals surface area (Å²) in [5.74, 6) is 0.824. The van der Waals surface area contributed by atoms with Gasteiger partial charge in [-0.1, -0.05) is 48.0 Å². The highest BCUT2D eigenvalue weighted by atomic mass is 35.5. The topological polar surface area (TPSA) is 39.7 Å². The zero-order chi connectivity index (χ0) is 16.8. The van der Waals surface area contributed by atoms with E-state index < -0.39 is 0 Å². The van der Waals surface area contributed by atoms with E-state index in [1.165, 1.54) is 5.56 Å². The lowest BCUT2D eigenvalue weighted by Gasteiger charge is -2.22. The van der Waals surface area contributed by atoms with Crippen LogP contribution in [-0.4, -0.2) is 35.6 Å². The number of benzene rings is 2. The molecule has 0 fully saturated rings. The molecule has 0 bridgehead atoms. The molecule has 0 aromatic heterocycles. The number of nitrogens with zero attached hydrogens (tertiary/aromatic N) is 2. The van der Waals surface area contributed by atoms with Gasteiger partial charge in [-0.15, -0.1) is 0 Å². The monoisotopic (exact) mass is 358 g/mol. The third-order valence-corrected chi connectivity index (χ3v) is 4.26. The molecule has 1 heterocycles. The van der Waals surface area contributed by atoms with E-state index >= 15 is 0 Å². The van der Waals surface area contributed by atoms with Crippen LogP contribution in [0, 0.1) is 0 Å². The number of hydrogen-bond donors (Lipinski definition) is 2. The van der Waals surface area contributed by atoms with Crippen molar-refractivity contribution in [2.75, 3.05) is 25.0 Å². The lowest BCUT2D eigenvalue weighted by atomic mass is 10.1. The summed E-state index contributed by atoms with van der Waals surface area (Å²) in [7, 11) is 0. The summed E-state index contributed by atoms with van der Waals surface area (Å²) in [5.41, 5.74) is 2.18. The van der Waals surface area contributed by atoms with E-state index in [0.717, 1.165) is 37.7 Å². The molecule has 1 aliphatic heterocycles. The van der Waals surface area contributed by atoms with Crippen molar-refractivity contribution in [3.63, 3.8) is 0 Å². The maximum Gasteiger partial charge on any atom is 0.200 e. The minimum atomic E-state index is 0.626. The highest BCUT2D eigenvalue weighted by molar-refractivity contribution is 7.80. The van der Waals surface area contributed by atoms with Crippen LogP contribution in [0.5, 0.6) is 0 Å². The number of nitrogens with one attached hydrogen (secondary N) is 2. The number of halogens is 1. The Morgan fingerprint density at radius 1 is 1.17 bits per heavy atom. The minimum absolute atomic E-state index is 0.626. The molecule has 0 unspecified atom stereocenters. The van der Waals surface area contributed by atoms with Crippen molar-refractivity contribution >= 4 is 40.6 Å². The summed E-state index contributed by atoms with van der Waals surface area (Å²) >= 11 is 11.5. The molecule has 0 saturated heterocycles. The first-order chi connectivity index (χ1) is 11.7. The SMILES string of the molecule is S=C(Nc1cccc(Cl)c1)N1CCN=C1NCCc1ccccc1. The van der Waals surface area contributed by atoms with Gasteiger partial charge in [-0.3, -0.25) is 9.89 Å². The van der Waals surface area contributed by atoms with E-state index in [-0.39, 0.29) is 0 Å². The van der Waals surface area contributed by atoms with Gasteiger partial charge in [0.1, 0.15) is 0 Å². The van der Waals surface area contributed by atoms with Gasteiger partial charge in [0.05, 0.1) is 6.54 Å². The molecule has 0 aliphatic carbocycles. The van der Waals surface area contributed by atoms with Gasteiger partial charge < -0.3 is 10.6 Å². The minimum Gasteiger partial charge on any atom is -0.356 e. The first kappa shape index (κ1) is 16.7. The second kappa shape index (κ2) is 8.13. The Kier molecular flexibility index (Phi) is 5.67. The second-order valence-corrected chi connectivity index (χ2v) is 6.28. The van der Waals surface area contributed by atoms with Crippen LogP contribution in [0.15, 0.2) is 59.6 Å². The summed E-state index contributed by atoms with van der Waals surface area (Å²) in [5, 5.41) is 7.90.